The van der Waals surface area contributed by atoms with Gasteiger partial charge in [-0.05, 0) is 43.7 Å². The first-order chi connectivity index (χ1) is 14.4. The number of hydrogen-bond acceptors (Lipinski definition) is 5. The molecule has 0 aliphatic heterocycles. The molecule has 0 aliphatic carbocycles. The lowest BCUT2D eigenvalue weighted by Gasteiger charge is -2.19. The van der Waals surface area contributed by atoms with Crippen LogP contribution in [0.5, 0.6) is 17.2 Å². The minimum absolute atomic E-state index is 0.0683. The van der Waals surface area contributed by atoms with Crippen LogP contribution in [0.25, 0.3) is 11.0 Å². The smallest absolute Gasteiger partial charge is 0.329 e. The zero-order valence-electron chi connectivity index (χ0n) is 17.9. The number of fused-ring (bicyclic) bond motifs is 1. The minimum Gasteiger partial charge on any atom is -0.493 e. The van der Waals surface area contributed by atoms with Gasteiger partial charge in [-0.15, -0.1) is 0 Å². The molecule has 1 N–H and O–H groups in total. The predicted molar refractivity (Wildman–Crippen MR) is 115 cm³/mol. The van der Waals surface area contributed by atoms with E-state index in [1.54, 1.807) is 30.9 Å². The van der Waals surface area contributed by atoms with E-state index in [1.807, 2.05) is 38.1 Å². The van der Waals surface area contributed by atoms with Crippen LogP contribution >= 0.6 is 0 Å². The summed E-state index contributed by atoms with van der Waals surface area (Å²) in [5, 5.41) is 2.94. The van der Waals surface area contributed by atoms with Gasteiger partial charge in [0.1, 0.15) is 6.54 Å². The Labute approximate surface area is 175 Å². The molecule has 0 aliphatic rings. The molecule has 1 heterocycles. The predicted octanol–water partition coefficient (Wildman–Crippen LogP) is 2.73. The van der Waals surface area contributed by atoms with Crippen molar-refractivity contribution < 1.29 is 19.0 Å². The number of carbonyl (C=O) groups is 1. The Balaban J connectivity index is 1.85. The van der Waals surface area contributed by atoms with Crippen LogP contribution in [-0.4, -0.2) is 36.4 Å². The Hall–Kier alpha value is -3.42. The quantitative estimate of drug-likeness (QED) is 0.614. The van der Waals surface area contributed by atoms with Crippen LogP contribution in [0, 0.1) is 0 Å². The van der Waals surface area contributed by atoms with Gasteiger partial charge < -0.3 is 19.5 Å². The number of rotatable bonds is 8. The Morgan fingerprint density at radius 3 is 2.07 bits per heavy atom. The number of imidazole rings is 1. The van der Waals surface area contributed by atoms with Gasteiger partial charge in [0.2, 0.25) is 11.7 Å². The van der Waals surface area contributed by atoms with Crippen molar-refractivity contribution >= 4 is 16.9 Å². The van der Waals surface area contributed by atoms with Gasteiger partial charge in [0.05, 0.1) is 38.4 Å². The third-order valence-electron chi connectivity index (χ3n) is 5.11. The number of nitrogens with one attached hydrogen (secondary N) is 1. The van der Waals surface area contributed by atoms with E-state index in [9.17, 15) is 9.59 Å². The number of nitrogens with zero attached hydrogens (tertiary/aromatic N) is 2. The van der Waals surface area contributed by atoms with Crippen molar-refractivity contribution in [1.82, 2.24) is 14.5 Å². The van der Waals surface area contributed by atoms with Gasteiger partial charge in [0.15, 0.2) is 11.5 Å². The summed E-state index contributed by atoms with van der Waals surface area (Å²) in [7, 11) is 4.62. The lowest BCUT2D eigenvalue weighted by atomic mass is 10.1. The molecular formula is C22H27N3O5. The summed E-state index contributed by atoms with van der Waals surface area (Å²) in [6, 6.07) is 10.7. The van der Waals surface area contributed by atoms with E-state index in [0.29, 0.717) is 23.8 Å². The summed E-state index contributed by atoms with van der Waals surface area (Å²) >= 11 is 0. The highest BCUT2D eigenvalue weighted by atomic mass is 16.5. The van der Waals surface area contributed by atoms with Crippen molar-refractivity contribution in [2.45, 2.75) is 33.0 Å². The number of aromatic nitrogens is 2. The zero-order valence-corrected chi connectivity index (χ0v) is 17.9. The number of carbonyl (C=O) groups excluding carboxylic acids is 1. The molecule has 0 radical (unpaired) electrons. The number of hydrogen-bond donors (Lipinski definition) is 1. The number of ether oxygens (including phenoxy) is 3. The fraction of sp³-hybridized carbons (Fsp3) is 0.364. The van der Waals surface area contributed by atoms with Crippen LogP contribution in [0.2, 0.25) is 0 Å². The van der Waals surface area contributed by atoms with Crippen LogP contribution in [-0.2, 0) is 17.9 Å². The number of amides is 1. The molecule has 0 saturated carbocycles. The van der Waals surface area contributed by atoms with Crippen LogP contribution in [0.15, 0.2) is 41.2 Å². The van der Waals surface area contributed by atoms with E-state index in [2.05, 4.69) is 5.32 Å². The molecule has 3 aromatic rings. The lowest BCUT2D eigenvalue weighted by molar-refractivity contribution is -0.122. The van der Waals surface area contributed by atoms with E-state index < -0.39 is 0 Å². The minimum atomic E-state index is -0.332. The Morgan fingerprint density at radius 2 is 1.57 bits per heavy atom. The monoisotopic (exact) mass is 413 g/mol. The first-order valence-electron chi connectivity index (χ1n) is 9.72. The average molecular weight is 413 g/mol. The summed E-state index contributed by atoms with van der Waals surface area (Å²) in [5.41, 5.74) is 2.14. The molecule has 0 fully saturated rings. The summed E-state index contributed by atoms with van der Waals surface area (Å²) in [6.45, 7) is 4.23. The molecule has 2 aromatic carbocycles. The van der Waals surface area contributed by atoms with Gasteiger partial charge in [-0.2, -0.15) is 0 Å². The number of methoxy groups -OCH3 is 3. The van der Waals surface area contributed by atoms with E-state index in [1.165, 1.54) is 11.7 Å². The number of aryl methyl sites for hydroxylation is 1. The second-order valence-corrected chi connectivity index (χ2v) is 6.85. The van der Waals surface area contributed by atoms with E-state index in [-0.39, 0.29) is 24.2 Å². The first-order valence-corrected chi connectivity index (χ1v) is 9.72. The molecule has 160 valence electrons. The summed E-state index contributed by atoms with van der Waals surface area (Å²) in [6.07, 6.45) is 0. The maximum Gasteiger partial charge on any atom is 0.329 e. The van der Waals surface area contributed by atoms with Gasteiger partial charge in [0.25, 0.3) is 0 Å². The first kappa shape index (κ1) is 21.3. The molecule has 8 nitrogen and oxygen atoms in total. The second-order valence-electron chi connectivity index (χ2n) is 6.85. The third-order valence-corrected chi connectivity index (χ3v) is 5.11. The fourth-order valence-electron chi connectivity index (χ4n) is 3.60. The van der Waals surface area contributed by atoms with Crippen molar-refractivity contribution in [3.8, 4) is 17.2 Å². The molecule has 3 rings (SSSR count). The summed E-state index contributed by atoms with van der Waals surface area (Å²) in [4.78, 5) is 25.5. The highest BCUT2D eigenvalue weighted by Gasteiger charge is 2.19. The number of benzene rings is 2. The molecule has 1 unspecified atom stereocenters. The van der Waals surface area contributed by atoms with Gasteiger partial charge in [-0.1, -0.05) is 12.1 Å². The van der Waals surface area contributed by atoms with E-state index >= 15 is 0 Å². The summed E-state index contributed by atoms with van der Waals surface area (Å²) < 4.78 is 19.3. The molecule has 0 bridgehead atoms. The standard InChI is InChI=1S/C22H27N3O5/c1-6-24-16-9-7-8-10-17(16)25(22(24)27)13-20(26)23-14(2)15-11-18(28-3)21(30-5)19(12-15)29-4/h7-12,14H,6,13H2,1-5H3,(H,23,26). The SMILES string of the molecule is CCn1c(=O)n(CC(=O)NC(C)c2cc(OC)c(OC)c(OC)c2)c2ccccc21. The second kappa shape index (κ2) is 8.94. The Morgan fingerprint density at radius 1 is 1.00 bits per heavy atom. The largest absolute Gasteiger partial charge is 0.493 e. The molecule has 0 spiro atoms. The highest BCUT2D eigenvalue weighted by Crippen LogP contribution is 2.39. The molecule has 8 heteroatoms. The maximum atomic E-state index is 12.8. The molecule has 0 saturated heterocycles. The fourth-order valence-corrected chi connectivity index (χ4v) is 3.60. The Bertz CT molecular complexity index is 1090. The van der Waals surface area contributed by atoms with Gasteiger partial charge in [0, 0.05) is 6.54 Å². The molecular weight excluding hydrogens is 386 g/mol. The van der Waals surface area contributed by atoms with Gasteiger partial charge in [-0.3, -0.25) is 13.9 Å². The van der Waals surface area contributed by atoms with E-state index in [0.717, 1.165) is 16.6 Å². The van der Waals surface area contributed by atoms with Crippen molar-refractivity contribution in [1.29, 1.82) is 0 Å². The summed E-state index contributed by atoms with van der Waals surface area (Å²) in [5.74, 6) is 1.24. The molecule has 1 amide bonds. The average Bonchev–Trinajstić information content (AvgIpc) is 3.03. The van der Waals surface area contributed by atoms with Crippen molar-refractivity contribution in [2.75, 3.05) is 21.3 Å². The van der Waals surface area contributed by atoms with Crippen molar-refractivity contribution in [2.24, 2.45) is 0 Å². The Kier molecular flexibility index (Phi) is 6.34. The van der Waals surface area contributed by atoms with Crippen molar-refractivity contribution in [3.63, 3.8) is 0 Å². The number of para-hydroxylation sites is 2. The highest BCUT2D eigenvalue weighted by molar-refractivity contribution is 5.81. The van der Waals surface area contributed by atoms with Gasteiger partial charge >= 0.3 is 5.69 Å². The molecule has 30 heavy (non-hydrogen) atoms. The lowest BCUT2D eigenvalue weighted by Crippen LogP contribution is -2.34. The molecule has 1 aromatic heterocycles. The van der Waals surface area contributed by atoms with Crippen LogP contribution < -0.4 is 25.2 Å². The zero-order chi connectivity index (χ0) is 21.8. The molecule has 1 atom stereocenters. The topological polar surface area (TPSA) is 83.7 Å². The van der Waals surface area contributed by atoms with Crippen molar-refractivity contribution in [3.05, 3.63) is 52.4 Å². The van der Waals surface area contributed by atoms with Gasteiger partial charge in [-0.25, -0.2) is 4.79 Å². The van der Waals surface area contributed by atoms with Crippen LogP contribution in [0.3, 0.4) is 0 Å². The third kappa shape index (κ3) is 3.85. The maximum absolute atomic E-state index is 12.8. The van der Waals surface area contributed by atoms with Crippen LogP contribution in [0.1, 0.15) is 25.5 Å². The normalized spacial score (nSPS) is 11.9. The van der Waals surface area contributed by atoms with E-state index in [4.69, 9.17) is 14.2 Å². The van der Waals surface area contributed by atoms with Crippen LogP contribution in [0.4, 0.5) is 0 Å².